The molecule has 0 saturated carbocycles. The molecule has 0 fully saturated rings. The number of nitro groups is 1. The molecule has 0 aliphatic carbocycles. The zero-order valence-corrected chi connectivity index (χ0v) is 11.2. The summed E-state index contributed by atoms with van der Waals surface area (Å²) in [6.07, 6.45) is 0.405. The second-order valence-corrected chi connectivity index (χ2v) is 4.26. The van der Waals surface area contributed by atoms with Crippen molar-refractivity contribution in [3.05, 3.63) is 39.4 Å². The molecule has 6 nitrogen and oxygen atoms in total. The summed E-state index contributed by atoms with van der Waals surface area (Å²) in [5.41, 5.74) is 1.62. The zero-order valence-electron chi connectivity index (χ0n) is 11.2. The smallest absolute Gasteiger partial charge is 0.272 e. The molecule has 19 heavy (non-hydrogen) atoms. The molecule has 0 unspecified atom stereocenters. The topological polar surface area (TPSA) is 84.3 Å². The summed E-state index contributed by atoms with van der Waals surface area (Å²) >= 11 is 0. The molecule has 0 aliphatic heterocycles. The Bertz CT molecular complexity index is 460. The van der Waals surface area contributed by atoms with E-state index < -0.39 is 0 Å². The molecular weight excluding hydrogens is 246 g/mol. The van der Waals surface area contributed by atoms with Gasteiger partial charge in [0.25, 0.3) is 5.69 Å². The molecule has 0 atom stereocenters. The summed E-state index contributed by atoms with van der Waals surface area (Å²) in [6, 6.07) is 5.15. The minimum Gasteiger partial charge on any atom is -0.356 e. The van der Waals surface area contributed by atoms with Crippen LogP contribution in [0.5, 0.6) is 0 Å². The Morgan fingerprint density at radius 1 is 1.42 bits per heavy atom. The monoisotopic (exact) mass is 265 g/mol. The van der Waals surface area contributed by atoms with Gasteiger partial charge in [-0.1, -0.05) is 12.1 Å². The van der Waals surface area contributed by atoms with Crippen LogP contribution in [-0.4, -0.2) is 23.9 Å². The summed E-state index contributed by atoms with van der Waals surface area (Å²) < 4.78 is 0. The molecule has 0 spiro atoms. The summed E-state index contributed by atoms with van der Waals surface area (Å²) in [5.74, 6) is 0.00452. The van der Waals surface area contributed by atoms with Crippen LogP contribution in [0.15, 0.2) is 18.2 Å². The van der Waals surface area contributed by atoms with Gasteiger partial charge in [-0.05, 0) is 19.4 Å². The van der Waals surface area contributed by atoms with Crippen LogP contribution in [0.25, 0.3) is 0 Å². The molecular formula is C13H19N3O3. The van der Waals surface area contributed by atoms with E-state index in [4.69, 9.17) is 0 Å². The normalized spacial score (nSPS) is 10.2. The predicted octanol–water partition coefficient (Wildman–Crippen LogP) is 1.52. The highest BCUT2D eigenvalue weighted by Crippen LogP contribution is 2.18. The van der Waals surface area contributed by atoms with Gasteiger partial charge in [0.15, 0.2) is 0 Å². The molecule has 1 rings (SSSR count). The lowest BCUT2D eigenvalue weighted by atomic mass is 10.1. The Morgan fingerprint density at radius 2 is 2.16 bits per heavy atom. The Balaban J connectivity index is 2.44. The number of aryl methyl sites for hydroxylation is 1. The Hall–Kier alpha value is -1.95. The van der Waals surface area contributed by atoms with E-state index in [0.717, 1.165) is 5.56 Å². The SMILES string of the molecule is CCNC(=O)CCNCc1ccc(C)c([N+](=O)[O-])c1. The number of hydrogen-bond acceptors (Lipinski definition) is 4. The predicted molar refractivity (Wildman–Crippen MR) is 72.8 cm³/mol. The fourth-order valence-corrected chi connectivity index (χ4v) is 1.68. The van der Waals surface area contributed by atoms with Crippen molar-refractivity contribution in [1.82, 2.24) is 10.6 Å². The average molecular weight is 265 g/mol. The average Bonchev–Trinajstić information content (AvgIpc) is 2.36. The van der Waals surface area contributed by atoms with E-state index in [9.17, 15) is 14.9 Å². The largest absolute Gasteiger partial charge is 0.356 e. The van der Waals surface area contributed by atoms with Gasteiger partial charge in [-0.3, -0.25) is 14.9 Å². The molecule has 0 saturated heterocycles. The summed E-state index contributed by atoms with van der Waals surface area (Å²) in [4.78, 5) is 21.6. The lowest BCUT2D eigenvalue weighted by Crippen LogP contribution is -2.27. The summed E-state index contributed by atoms with van der Waals surface area (Å²) in [5, 5.41) is 16.6. The van der Waals surface area contributed by atoms with Crippen molar-refractivity contribution in [1.29, 1.82) is 0 Å². The van der Waals surface area contributed by atoms with Crippen LogP contribution >= 0.6 is 0 Å². The third kappa shape index (κ3) is 5.05. The van der Waals surface area contributed by atoms with E-state index in [0.29, 0.717) is 31.6 Å². The van der Waals surface area contributed by atoms with Crippen LogP contribution in [0.4, 0.5) is 5.69 Å². The zero-order chi connectivity index (χ0) is 14.3. The lowest BCUT2D eigenvalue weighted by molar-refractivity contribution is -0.385. The molecule has 1 amide bonds. The quantitative estimate of drug-likeness (QED) is 0.445. The van der Waals surface area contributed by atoms with E-state index >= 15 is 0 Å². The van der Waals surface area contributed by atoms with Crippen molar-refractivity contribution in [3.63, 3.8) is 0 Å². The van der Waals surface area contributed by atoms with Crippen molar-refractivity contribution in [2.45, 2.75) is 26.8 Å². The van der Waals surface area contributed by atoms with Crippen molar-refractivity contribution in [2.24, 2.45) is 0 Å². The van der Waals surface area contributed by atoms with Gasteiger partial charge in [0, 0.05) is 37.7 Å². The van der Waals surface area contributed by atoms with Gasteiger partial charge in [0.2, 0.25) is 5.91 Å². The number of hydrogen-bond donors (Lipinski definition) is 2. The van der Waals surface area contributed by atoms with Gasteiger partial charge >= 0.3 is 0 Å². The minimum absolute atomic E-state index is 0.00452. The van der Waals surface area contributed by atoms with Gasteiger partial charge in [-0.15, -0.1) is 0 Å². The van der Waals surface area contributed by atoms with E-state index in [1.165, 1.54) is 0 Å². The molecule has 2 N–H and O–H groups in total. The number of nitrogens with zero attached hydrogens (tertiary/aromatic N) is 1. The van der Waals surface area contributed by atoms with Crippen LogP contribution < -0.4 is 10.6 Å². The number of nitrogens with one attached hydrogen (secondary N) is 2. The van der Waals surface area contributed by atoms with Crippen molar-refractivity contribution in [2.75, 3.05) is 13.1 Å². The molecule has 0 aromatic heterocycles. The maximum Gasteiger partial charge on any atom is 0.272 e. The number of carbonyl (C=O) groups is 1. The first-order valence-electron chi connectivity index (χ1n) is 6.26. The number of rotatable bonds is 7. The van der Waals surface area contributed by atoms with Crippen LogP contribution in [0.3, 0.4) is 0 Å². The van der Waals surface area contributed by atoms with Crippen LogP contribution in [0, 0.1) is 17.0 Å². The molecule has 0 radical (unpaired) electrons. The molecule has 0 aliphatic rings. The third-order valence-electron chi connectivity index (χ3n) is 2.70. The molecule has 1 aromatic carbocycles. The molecule has 104 valence electrons. The maximum atomic E-state index is 11.2. The first kappa shape index (κ1) is 15.1. The maximum absolute atomic E-state index is 11.2. The Kier molecular flexibility index (Phi) is 5.95. The molecule has 6 heteroatoms. The van der Waals surface area contributed by atoms with E-state index in [1.54, 1.807) is 19.1 Å². The molecule has 0 heterocycles. The fraction of sp³-hybridized carbons (Fsp3) is 0.462. The van der Waals surface area contributed by atoms with Crippen molar-refractivity contribution < 1.29 is 9.72 Å². The van der Waals surface area contributed by atoms with Crippen molar-refractivity contribution >= 4 is 11.6 Å². The minimum atomic E-state index is -0.381. The number of nitro benzene ring substituents is 1. The molecule has 1 aromatic rings. The number of amides is 1. The first-order valence-corrected chi connectivity index (χ1v) is 6.26. The van der Waals surface area contributed by atoms with Crippen LogP contribution in [0.1, 0.15) is 24.5 Å². The Labute approximate surface area is 112 Å². The van der Waals surface area contributed by atoms with E-state index in [1.807, 2.05) is 13.0 Å². The number of benzene rings is 1. The Morgan fingerprint density at radius 3 is 2.79 bits per heavy atom. The molecule has 0 bridgehead atoms. The fourth-order valence-electron chi connectivity index (χ4n) is 1.68. The van der Waals surface area contributed by atoms with Gasteiger partial charge in [-0.2, -0.15) is 0 Å². The van der Waals surface area contributed by atoms with Gasteiger partial charge in [-0.25, -0.2) is 0 Å². The second kappa shape index (κ2) is 7.48. The summed E-state index contributed by atoms with van der Waals surface area (Å²) in [7, 11) is 0. The van der Waals surface area contributed by atoms with E-state index in [2.05, 4.69) is 10.6 Å². The summed E-state index contributed by atoms with van der Waals surface area (Å²) in [6.45, 7) is 5.28. The van der Waals surface area contributed by atoms with Gasteiger partial charge in [0.05, 0.1) is 4.92 Å². The lowest BCUT2D eigenvalue weighted by Gasteiger charge is -2.06. The van der Waals surface area contributed by atoms with Crippen LogP contribution in [0.2, 0.25) is 0 Å². The highest BCUT2D eigenvalue weighted by Gasteiger charge is 2.10. The van der Waals surface area contributed by atoms with Gasteiger partial charge in [0.1, 0.15) is 0 Å². The van der Waals surface area contributed by atoms with E-state index in [-0.39, 0.29) is 16.5 Å². The van der Waals surface area contributed by atoms with Crippen LogP contribution in [-0.2, 0) is 11.3 Å². The standard InChI is InChI=1S/C13H19N3O3/c1-3-15-13(17)6-7-14-9-11-5-4-10(2)12(8-11)16(18)19/h4-5,8,14H,3,6-7,9H2,1-2H3,(H,15,17). The van der Waals surface area contributed by atoms with Gasteiger partial charge < -0.3 is 10.6 Å². The first-order chi connectivity index (χ1) is 9.04. The second-order valence-electron chi connectivity index (χ2n) is 4.26. The highest BCUT2D eigenvalue weighted by molar-refractivity contribution is 5.75. The third-order valence-corrected chi connectivity index (χ3v) is 2.70. The van der Waals surface area contributed by atoms with Crippen molar-refractivity contribution in [3.8, 4) is 0 Å². The highest BCUT2D eigenvalue weighted by atomic mass is 16.6. The number of carbonyl (C=O) groups excluding carboxylic acids is 1.